The van der Waals surface area contributed by atoms with E-state index in [1.54, 1.807) is 4.90 Å². The maximum Gasteiger partial charge on any atom is 0.311 e. The van der Waals surface area contributed by atoms with Crippen molar-refractivity contribution in [1.29, 1.82) is 0 Å². The Balaban J connectivity index is 1.52. The average Bonchev–Trinajstić information content (AvgIpc) is 3.03. The minimum atomic E-state index is -0.552. The number of ether oxygens (including phenoxy) is 1. The molecule has 6 nitrogen and oxygen atoms in total. The Bertz CT molecular complexity index is 613. The number of fused-ring (bicyclic) bond motifs is 2. The van der Waals surface area contributed by atoms with Crippen molar-refractivity contribution in [2.75, 3.05) is 20.2 Å². The van der Waals surface area contributed by atoms with Crippen LogP contribution < -0.4 is 5.32 Å². The number of hydrogen-bond acceptors (Lipinski definition) is 4. The molecule has 0 spiro atoms. The van der Waals surface area contributed by atoms with Crippen LogP contribution in [0.2, 0.25) is 0 Å². The number of carbonyl (C=O) groups excluding carboxylic acids is 3. The fourth-order valence-electron chi connectivity index (χ4n) is 4.74. The van der Waals surface area contributed by atoms with Crippen LogP contribution in [0.5, 0.6) is 0 Å². The Kier molecular flexibility index (Phi) is 4.64. The second-order valence-corrected chi connectivity index (χ2v) is 8.33. The van der Waals surface area contributed by atoms with E-state index in [4.69, 9.17) is 0 Å². The van der Waals surface area contributed by atoms with Crippen LogP contribution in [0.3, 0.4) is 0 Å². The van der Waals surface area contributed by atoms with Gasteiger partial charge in [-0.1, -0.05) is 26.0 Å². The first-order valence-corrected chi connectivity index (χ1v) is 9.09. The first-order valence-electron chi connectivity index (χ1n) is 9.09. The van der Waals surface area contributed by atoms with E-state index < -0.39 is 11.8 Å². The summed E-state index contributed by atoms with van der Waals surface area (Å²) in [5.41, 5.74) is 1.32. The van der Waals surface area contributed by atoms with Crippen molar-refractivity contribution in [2.24, 2.45) is 23.2 Å². The van der Waals surface area contributed by atoms with Crippen molar-refractivity contribution in [3.05, 3.63) is 12.2 Å². The fraction of sp³-hybridized carbons (Fsp3) is 0.737. The van der Waals surface area contributed by atoms with Crippen LogP contribution in [-0.2, 0) is 19.1 Å². The Morgan fingerprint density at radius 1 is 1.32 bits per heavy atom. The fourth-order valence-corrected chi connectivity index (χ4v) is 4.74. The van der Waals surface area contributed by atoms with Gasteiger partial charge in [0.2, 0.25) is 0 Å². The average molecular weight is 348 g/mol. The quantitative estimate of drug-likeness (QED) is 0.476. The normalized spacial score (nSPS) is 32.8. The second-order valence-electron chi connectivity index (χ2n) is 8.33. The Morgan fingerprint density at radius 2 is 2.04 bits per heavy atom. The minimum absolute atomic E-state index is 0.0716. The summed E-state index contributed by atoms with van der Waals surface area (Å²) >= 11 is 0. The van der Waals surface area contributed by atoms with E-state index in [1.165, 1.54) is 7.11 Å². The molecule has 25 heavy (non-hydrogen) atoms. The maximum absolute atomic E-state index is 12.4. The molecule has 4 atom stereocenters. The molecule has 2 bridgehead atoms. The molecule has 1 heterocycles. The van der Waals surface area contributed by atoms with Gasteiger partial charge in [0.25, 0.3) is 0 Å². The Hall–Kier alpha value is -1.85. The van der Waals surface area contributed by atoms with Crippen LogP contribution in [0.25, 0.3) is 0 Å². The van der Waals surface area contributed by atoms with Crippen LogP contribution in [0.1, 0.15) is 39.5 Å². The largest absolute Gasteiger partial charge is 0.469 e. The lowest BCUT2D eigenvalue weighted by Crippen LogP contribution is -2.58. The van der Waals surface area contributed by atoms with E-state index in [-0.39, 0.29) is 23.3 Å². The molecule has 0 radical (unpaired) electrons. The highest BCUT2D eigenvalue weighted by Gasteiger charge is 2.55. The smallest absolute Gasteiger partial charge is 0.311 e. The summed E-state index contributed by atoms with van der Waals surface area (Å²) in [6.45, 7) is 9.64. The molecular formula is C19H28N2O4. The molecule has 1 aliphatic heterocycles. The zero-order valence-electron chi connectivity index (χ0n) is 15.3. The topological polar surface area (TPSA) is 75.7 Å². The summed E-state index contributed by atoms with van der Waals surface area (Å²) in [5, 5.41) is 2.89. The predicted molar refractivity (Wildman–Crippen MR) is 92.4 cm³/mol. The molecule has 1 saturated heterocycles. The summed E-state index contributed by atoms with van der Waals surface area (Å²) in [4.78, 5) is 37.7. The molecule has 3 aliphatic carbocycles. The molecule has 2 amide bonds. The third-order valence-electron chi connectivity index (χ3n) is 6.64. The van der Waals surface area contributed by atoms with Gasteiger partial charge in [-0.15, -0.1) is 0 Å². The van der Waals surface area contributed by atoms with Gasteiger partial charge in [0.15, 0.2) is 0 Å². The SMILES string of the molecule is C=C1C(NC(=O)C(=O)N2CCC(CC(=O)OC)C2)C[C@H]2C[C@@H]1C2(C)C. The lowest BCUT2D eigenvalue weighted by atomic mass is 9.46. The first-order chi connectivity index (χ1) is 11.7. The molecule has 4 aliphatic rings. The van der Waals surface area contributed by atoms with Gasteiger partial charge < -0.3 is 15.0 Å². The van der Waals surface area contributed by atoms with Gasteiger partial charge in [0.1, 0.15) is 0 Å². The summed E-state index contributed by atoms with van der Waals surface area (Å²) in [6, 6.07) is -0.0957. The molecule has 0 aromatic rings. The van der Waals surface area contributed by atoms with E-state index in [9.17, 15) is 14.4 Å². The van der Waals surface area contributed by atoms with Gasteiger partial charge in [-0.05, 0) is 42.4 Å². The van der Waals surface area contributed by atoms with E-state index >= 15 is 0 Å². The molecule has 4 fully saturated rings. The molecule has 0 aromatic carbocycles. The number of nitrogens with one attached hydrogen (secondary N) is 1. The predicted octanol–water partition coefficient (Wildman–Crippen LogP) is 1.50. The third-order valence-corrected chi connectivity index (χ3v) is 6.64. The highest BCUT2D eigenvalue weighted by molar-refractivity contribution is 6.35. The van der Waals surface area contributed by atoms with Crippen LogP contribution >= 0.6 is 0 Å². The highest BCUT2D eigenvalue weighted by atomic mass is 16.5. The van der Waals surface area contributed by atoms with Crippen molar-refractivity contribution in [1.82, 2.24) is 10.2 Å². The number of likely N-dealkylation sites (tertiary alicyclic amines) is 1. The van der Waals surface area contributed by atoms with Gasteiger partial charge in [-0.3, -0.25) is 14.4 Å². The van der Waals surface area contributed by atoms with Gasteiger partial charge in [-0.2, -0.15) is 0 Å². The standard InChI is InChI=1S/C19H28N2O4/c1-11-14-8-13(19(14,2)3)9-15(11)20-17(23)18(24)21-6-5-12(10-21)7-16(22)25-4/h12-15H,1,5-10H2,2-4H3,(H,20,23)/t12?,13-,14+,15?/m1/s1. The van der Waals surface area contributed by atoms with Gasteiger partial charge in [0.05, 0.1) is 19.6 Å². The summed E-state index contributed by atoms with van der Waals surface area (Å²) in [6.07, 6.45) is 3.03. The van der Waals surface area contributed by atoms with E-state index in [0.717, 1.165) is 24.8 Å². The second kappa shape index (κ2) is 6.46. The summed E-state index contributed by atoms with van der Waals surface area (Å²) in [7, 11) is 1.36. The summed E-state index contributed by atoms with van der Waals surface area (Å²) < 4.78 is 4.67. The van der Waals surface area contributed by atoms with Crippen LogP contribution in [0.15, 0.2) is 12.2 Å². The lowest BCUT2D eigenvalue weighted by Gasteiger charge is -2.59. The molecule has 0 aromatic heterocycles. The van der Waals surface area contributed by atoms with E-state index in [2.05, 4.69) is 30.5 Å². The Morgan fingerprint density at radius 3 is 2.64 bits per heavy atom. The molecule has 3 saturated carbocycles. The number of amides is 2. The number of nitrogens with zero attached hydrogens (tertiary/aromatic N) is 1. The highest BCUT2D eigenvalue weighted by Crippen LogP contribution is 2.60. The zero-order valence-corrected chi connectivity index (χ0v) is 15.3. The van der Waals surface area contributed by atoms with E-state index in [1.807, 2.05) is 0 Å². The van der Waals surface area contributed by atoms with Crippen LogP contribution in [0.4, 0.5) is 0 Å². The number of rotatable bonds is 3. The minimum Gasteiger partial charge on any atom is -0.469 e. The Labute approximate surface area is 149 Å². The third kappa shape index (κ3) is 3.18. The van der Waals surface area contributed by atoms with Gasteiger partial charge in [0, 0.05) is 13.1 Å². The first kappa shape index (κ1) is 18.0. The van der Waals surface area contributed by atoms with Gasteiger partial charge >= 0.3 is 17.8 Å². The van der Waals surface area contributed by atoms with Crippen molar-refractivity contribution in [3.8, 4) is 0 Å². The molecule has 6 heteroatoms. The molecule has 138 valence electrons. The van der Waals surface area contributed by atoms with Crippen molar-refractivity contribution in [2.45, 2.75) is 45.6 Å². The number of hydrogen-bond donors (Lipinski definition) is 1. The molecule has 2 unspecified atom stereocenters. The number of methoxy groups -OCH3 is 1. The van der Waals surface area contributed by atoms with Gasteiger partial charge in [-0.25, -0.2) is 0 Å². The summed E-state index contributed by atoms with van der Waals surface area (Å²) in [5.74, 6) is -0.239. The van der Waals surface area contributed by atoms with Crippen LogP contribution in [-0.4, -0.2) is 48.9 Å². The lowest BCUT2D eigenvalue weighted by molar-refractivity contribution is -0.146. The van der Waals surface area contributed by atoms with Crippen molar-refractivity contribution in [3.63, 3.8) is 0 Å². The molecule has 1 N–H and O–H groups in total. The number of esters is 1. The zero-order chi connectivity index (χ0) is 18.4. The molecular weight excluding hydrogens is 320 g/mol. The number of carbonyl (C=O) groups is 3. The maximum atomic E-state index is 12.4. The monoisotopic (exact) mass is 348 g/mol. The van der Waals surface area contributed by atoms with Crippen molar-refractivity contribution < 1.29 is 19.1 Å². The van der Waals surface area contributed by atoms with Crippen molar-refractivity contribution >= 4 is 17.8 Å². The van der Waals surface area contributed by atoms with E-state index in [0.29, 0.717) is 31.3 Å². The van der Waals surface area contributed by atoms with Crippen LogP contribution in [0, 0.1) is 23.2 Å². The molecule has 4 rings (SSSR count).